The van der Waals surface area contributed by atoms with E-state index in [1.807, 2.05) is 30.3 Å². The molecule has 3 rings (SSSR count). The van der Waals surface area contributed by atoms with Gasteiger partial charge in [-0.1, -0.05) is 53.5 Å². The fourth-order valence-electron chi connectivity index (χ4n) is 2.54. The number of amides is 1. The number of halogens is 2. The van der Waals surface area contributed by atoms with Gasteiger partial charge in [0.25, 0.3) is 0 Å². The van der Waals surface area contributed by atoms with Crippen molar-refractivity contribution < 1.29 is 14.3 Å². The fourth-order valence-corrected chi connectivity index (χ4v) is 2.84. The van der Waals surface area contributed by atoms with Crippen molar-refractivity contribution in [3.63, 3.8) is 0 Å². The van der Waals surface area contributed by atoms with Crippen molar-refractivity contribution in [1.82, 2.24) is 0 Å². The highest BCUT2D eigenvalue weighted by Gasteiger charge is 2.40. The molecular formula is C17H13Cl2NO3. The molecule has 118 valence electrons. The molecule has 1 fully saturated rings. The minimum atomic E-state index is -0.584. The van der Waals surface area contributed by atoms with Crippen LogP contribution < -0.4 is 5.32 Å². The van der Waals surface area contributed by atoms with Crippen molar-refractivity contribution in [3.8, 4) is 0 Å². The third-order valence-corrected chi connectivity index (χ3v) is 4.40. The smallest absolute Gasteiger partial charge is 0.307 e. The Hall–Kier alpha value is -2.04. The van der Waals surface area contributed by atoms with Crippen LogP contribution in [0.4, 0.5) is 5.69 Å². The summed E-state index contributed by atoms with van der Waals surface area (Å²) >= 11 is 11.8. The maximum absolute atomic E-state index is 12.5. The van der Waals surface area contributed by atoms with E-state index < -0.39 is 12.0 Å². The van der Waals surface area contributed by atoms with E-state index >= 15 is 0 Å². The predicted octanol–water partition coefficient (Wildman–Crippen LogP) is 4.24. The number of benzene rings is 2. The highest BCUT2D eigenvalue weighted by molar-refractivity contribution is 6.42. The van der Waals surface area contributed by atoms with Gasteiger partial charge in [-0.3, -0.25) is 9.59 Å². The number of rotatable bonds is 3. The first-order chi connectivity index (χ1) is 11.0. The molecule has 1 heterocycles. The highest BCUT2D eigenvalue weighted by Crippen LogP contribution is 2.36. The first kappa shape index (κ1) is 15.8. The van der Waals surface area contributed by atoms with Crippen LogP contribution in [0.25, 0.3) is 0 Å². The monoisotopic (exact) mass is 349 g/mol. The second kappa shape index (κ2) is 6.60. The lowest BCUT2D eigenvalue weighted by molar-refractivity contribution is -0.141. The molecule has 1 amide bonds. The number of carbonyl (C=O) groups is 2. The molecule has 1 N–H and O–H groups in total. The lowest BCUT2D eigenvalue weighted by Gasteiger charge is -2.17. The van der Waals surface area contributed by atoms with Gasteiger partial charge in [-0.05, 0) is 23.8 Å². The van der Waals surface area contributed by atoms with Crippen molar-refractivity contribution in [2.24, 2.45) is 5.92 Å². The third-order valence-electron chi connectivity index (χ3n) is 3.66. The van der Waals surface area contributed by atoms with Gasteiger partial charge in [0.15, 0.2) is 0 Å². The van der Waals surface area contributed by atoms with Gasteiger partial charge in [0.2, 0.25) is 5.91 Å². The number of carbonyl (C=O) groups excluding carboxylic acids is 2. The Balaban J connectivity index is 1.79. The van der Waals surface area contributed by atoms with E-state index in [9.17, 15) is 9.59 Å². The van der Waals surface area contributed by atoms with Gasteiger partial charge < -0.3 is 10.1 Å². The molecule has 2 unspecified atom stereocenters. The molecule has 1 aliphatic heterocycles. The average molecular weight is 350 g/mol. The van der Waals surface area contributed by atoms with E-state index in [1.54, 1.807) is 18.2 Å². The van der Waals surface area contributed by atoms with Crippen molar-refractivity contribution in [3.05, 3.63) is 64.1 Å². The molecular weight excluding hydrogens is 337 g/mol. The van der Waals surface area contributed by atoms with Crippen LogP contribution in [0.15, 0.2) is 48.5 Å². The second-order valence-corrected chi connectivity index (χ2v) is 6.06. The Morgan fingerprint density at radius 1 is 1.09 bits per heavy atom. The number of hydrogen-bond acceptors (Lipinski definition) is 3. The minimum absolute atomic E-state index is 0.0483. The summed E-state index contributed by atoms with van der Waals surface area (Å²) in [7, 11) is 0. The Morgan fingerprint density at radius 3 is 2.52 bits per heavy atom. The molecule has 0 saturated carbocycles. The molecule has 2 aromatic carbocycles. The quantitative estimate of drug-likeness (QED) is 0.843. The van der Waals surface area contributed by atoms with Gasteiger partial charge in [0.1, 0.15) is 6.10 Å². The summed E-state index contributed by atoms with van der Waals surface area (Å²) in [6.45, 7) is 0. The molecule has 4 nitrogen and oxygen atoms in total. The molecule has 2 atom stereocenters. The topological polar surface area (TPSA) is 55.4 Å². The molecule has 0 spiro atoms. The number of esters is 1. The summed E-state index contributed by atoms with van der Waals surface area (Å²) in [6, 6.07) is 14.0. The van der Waals surface area contributed by atoms with Crippen molar-refractivity contribution in [2.45, 2.75) is 12.5 Å². The van der Waals surface area contributed by atoms with E-state index in [0.29, 0.717) is 15.7 Å². The van der Waals surface area contributed by atoms with Gasteiger partial charge >= 0.3 is 5.97 Å². The summed E-state index contributed by atoms with van der Waals surface area (Å²) < 4.78 is 5.31. The lowest BCUT2D eigenvalue weighted by Crippen LogP contribution is -2.25. The van der Waals surface area contributed by atoms with Crippen LogP contribution >= 0.6 is 23.2 Å². The molecule has 0 aromatic heterocycles. The number of anilines is 1. The van der Waals surface area contributed by atoms with Crippen molar-refractivity contribution in [1.29, 1.82) is 0 Å². The summed E-state index contributed by atoms with van der Waals surface area (Å²) in [6.07, 6.45) is -0.529. The zero-order valence-electron chi connectivity index (χ0n) is 12.0. The number of hydrogen-bond donors (Lipinski definition) is 1. The van der Waals surface area contributed by atoms with Gasteiger partial charge in [0.05, 0.1) is 22.4 Å². The zero-order chi connectivity index (χ0) is 16.4. The van der Waals surface area contributed by atoms with Crippen molar-refractivity contribution >= 4 is 40.8 Å². The van der Waals surface area contributed by atoms with Crippen LogP contribution in [-0.4, -0.2) is 11.9 Å². The van der Waals surface area contributed by atoms with E-state index in [1.165, 1.54) is 0 Å². The standard InChI is InChI=1S/C17H13Cl2NO3/c18-13-7-6-11(8-14(13)19)20-17(22)12-9-15(21)23-16(12)10-4-2-1-3-5-10/h1-8,12,16H,9H2,(H,20,22). The van der Waals surface area contributed by atoms with Crippen LogP contribution in [0.3, 0.4) is 0 Å². The highest BCUT2D eigenvalue weighted by atomic mass is 35.5. The Bertz CT molecular complexity index is 749. The van der Waals surface area contributed by atoms with Crippen LogP contribution in [-0.2, 0) is 14.3 Å². The second-order valence-electron chi connectivity index (χ2n) is 5.25. The molecule has 1 aliphatic rings. The normalized spacial score (nSPS) is 20.2. The predicted molar refractivity (Wildman–Crippen MR) is 88.5 cm³/mol. The molecule has 0 radical (unpaired) electrons. The molecule has 1 saturated heterocycles. The third kappa shape index (κ3) is 3.49. The zero-order valence-corrected chi connectivity index (χ0v) is 13.5. The average Bonchev–Trinajstić information content (AvgIpc) is 2.94. The maximum atomic E-state index is 12.5. The first-order valence-corrected chi connectivity index (χ1v) is 7.80. The molecule has 6 heteroatoms. The van der Waals surface area contributed by atoms with Gasteiger partial charge in [-0.2, -0.15) is 0 Å². The van der Waals surface area contributed by atoms with Gasteiger partial charge in [-0.25, -0.2) is 0 Å². The summed E-state index contributed by atoms with van der Waals surface area (Å²) in [4.78, 5) is 24.2. The number of ether oxygens (including phenoxy) is 1. The summed E-state index contributed by atoms with van der Waals surface area (Å²) in [5, 5.41) is 3.52. The largest absolute Gasteiger partial charge is 0.457 e. The van der Waals surface area contributed by atoms with Gasteiger partial charge in [0, 0.05) is 5.69 Å². The van der Waals surface area contributed by atoms with E-state index in [4.69, 9.17) is 27.9 Å². The minimum Gasteiger partial charge on any atom is -0.457 e. The van der Waals surface area contributed by atoms with Gasteiger partial charge in [-0.15, -0.1) is 0 Å². The van der Waals surface area contributed by atoms with Crippen LogP contribution in [0.1, 0.15) is 18.1 Å². The Kier molecular flexibility index (Phi) is 4.55. The molecule has 23 heavy (non-hydrogen) atoms. The Labute approximate surface area is 143 Å². The first-order valence-electron chi connectivity index (χ1n) is 7.05. The summed E-state index contributed by atoms with van der Waals surface area (Å²) in [5.41, 5.74) is 1.32. The van der Waals surface area contributed by atoms with Crippen LogP contribution in [0.2, 0.25) is 10.0 Å². The number of cyclic esters (lactones) is 1. The maximum Gasteiger partial charge on any atom is 0.307 e. The van der Waals surface area contributed by atoms with E-state index in [0.717, 1.165) is 5.56 Å². The Morgan fingerprint density at radius 2 is 1.83 bits per heavy atom. The molecule has 0 bridgehead atoms. The van der Waals surface area contributed by atoms with Crippen molar-refractivity contribution in [2.75, 3.05) is 5.32 Å². The molecule has 0 aliphatic carbocycles. The van der Waals surface area contributed by atoms with Crippen LogP contribution in [0.5, 0.6) is 0 Å². The SMILES string of the molecule is O=C1CC(C(=O)Nc2ccc(Cl)c(Cl)c2)C(c2ccccc2)O1. The molecule has 2 aromatic rings. The lowest BCUT2D eigenvalue weighted by atomic mass is 9.94. The van der Waals surface area contributed by atoms with E-state index in [2.05, 4.69) is 5.32 Å². The summed E-state index contributed by atoms with van der Waals surface area (Å²) in [5.74, 6) is -1.25. The number of nitrogens with one attached hydrogen (secondary N) is 1. The van der Waals surface area contributed by atoms with Crippen LogP contribution in [0, 0.1) is 5.92 Å². The van der Waals surface area contributed by atoms with E-state index in [-0.39, 0.29) is 18.3 Å². The fraction of sp³-hybridized carbons (Fsp3) is 0.176.